The lowest BCUT2D eigenvalue weighted by molar-refractivity contribution is -0.132. The molecule has 3 heterocycles. The van der Waals surface area contributed by atoms with Crippen molar-refractivity contribution in [2.45, 2.75) is 18.5 Å². The summed E-state index contributed by atoms with van der Waals surface area (Å²) >= 11 is 1.55. The number of rotatable bonds is 5. The van der Waals surface area contributed by atoms with E-state index in [0.717, 1.165) is 16.5 Å². The molecule has 2 aromatic heterocycles. The number of carbonyl (C=O) groups is 1. The van der Waals surface area contributed by atoms with Gasteiger partial charge in [-0.3, -0.25) is 4.79 Å². The fourth-order valence-electron chi connectivity index (χ4n) is 3.36. The number of pyridine rings is 1. The fraction of sp³-hybridized carbons (Fsp3) is 0.238. The minimum atomic E-state index is -0.746. The van der Waals surface area contributed by atoms with Gasteiger partial charge in [0.2, 0.25) is 11.8 Å². The second kappa shape index (κ2) is 8.46. The van der Waals surface area contributed by atoms with Gasteiger partial charge in [-0.2, -0.15) is 10.5 Å². The van der Waals surface area contributed by atoms with Gasteiger partial charge in [-0.15, -0.1) is 11.8 Å². The highest BCUT2D eigenvalue weighted by atomic mass is 32.2. The summed E-state index contributed by atoms with van der Waals surface area (Å²) in [6, 6.07) is 11.8. The third-order valence-corrected chi connectivity index (χ3v) is 5.93. The Hall–Kier alpha value is -3.53. The number of aromatic amines is 1. The lowest BCUT2D eigenvalue weighted by Gasteiger charge is -2.22. The molecule has 30 heavy (non-hydrogen) atoms. The third-order valence-electron chi connectivity index (χ3n) is 4.92. The molecule has 0 radical (unpaired) electrons. The number of nitrogens with zero attached hydrogens (tertiary/aromatic N) is 4. The summed E-state index contributed by atoms with van der Waals surface area (Å²) < 4.78 is 5.80. The van der Waals surface area contributed by atoms with Crippen LogP contribution in [0.1, 0.15) is 11.1 Å². The maximum atomic E-state index is 12.7. The summed E-state index contributed by atoms with van der Waals surface area (Å²) in [7, 11) is 0. The molecule has 0 aliphatic carbocycles. The van der Waals surface area contributed by atoms with E-state index < -0.39 is 12.1 Å². The second-order valence-corrected chi connectivity index (χ2v) is 7.85. The summed E-state index contributed by atoms with van der Waals surface area (Å²) in [5.74, 6) is 1.64. The predicted molar refractivity (Wildman–Crippen MR) is 113 cm³/mol. The molecule has 0 bridgehead atoms. The second-order valence-electron chi connectivity index (χ2n) is 6.85. The van der Waals surface area contributed by atoms with Crippen molar-refractivity contribution in [3.63, 3.8) is 0 Å². The van der Waals surface area contributed by atoms with Gasteiger partial charge in [0, 0.05) is 29.0 Å². The van der Waals surface area contributed by atoms with E-state index in [0.29, 0.717) is 29.4 Å². The van der Waals surface area contributed by atoms with E-state index in [9.17, 15) is 15.3 Å². The van der Waals surface area contributed by atoms with Crippen LogP contribution in [0.5, 0.6) is 11.6 Å². The van der Waals surface area contributed by atoms with Crippen LogP contribution in [0.15, 0.2) is 42.7 Å². The molecule has 150 valence electrons. The molecule has 0 unspecified atom stereocenters. The van der Waals surface area contributed by atoms with Crippen LogP contribution < -0.4 is 10.5 Å². The number of aromatic nitrogens is 2. The average molecular weight is 418 g/mol. The van der Waals surface area contributed by atoms with Crippen molar-refractivity contribution in [1.82, 2.24) is 14.9 Å². The van der Waals surface area contributed by atoms with Gasteiger partial charge in [0.05, 0.1) is 18.0 Å². The molecule has 0 spiro atoms. The first-order valence-electron chi connectivity index (χ1n) is 9.27. The number of carbonyl (C=O) groups excluding carboxylic acids is 1. The predicted octanol–water partition coefficient (Wildman–Crippen LogP) is 2.52. The zero-order chi connectivity index (χ0) is 21.1. The summed E-state index contributed by atoms with van der Waals surface area (Å²) in [6.07, 6.45) is 3.71. The molecule has 1 fully saturated rings. The Kier molecular flexibility index (Phi) is 5.57. The van der Waals surface area contributed by atoms with Gasteiger partial charge >= 0.3 is 0 Å². The minimum absolute atomic E-state index is 0.222. The van der Waals surface area contributed by atoms with Crippen LogP contribution in [0.3, 0.4) is 0 Å². The maximum absolute atomic E-state index is 12.7. The van der Waals surface area contributed by atoms with Crippen LogP contribution in [0.25, 0.3) is 10.9 Å². The molecule has 1 amide bonds. The summed E-state index contributed by atoms with van der Waals surface area (Å²) in [4.78, 5) is 21.6. The van der Waals surface area contributed by atoms with Crippen LogP contribution in [0.4, 0.5) is 0 Å². The largest absolute Gasteiger partial charge is 0.438 e. The normalized spacial score (nSPS) is 16.8. The quantitative estimate of drug-likeness (QED) is 0.650. The number of thioether (sulfide) groups is 1. The van der Waals surface area contributed by atoms with Crippen LogP contribution in [0.2, 0.25) is 0 Å². The van der Waals surface area contributed by atoms with Crippen LogP contribution in [-0.4, -0.2) is 44.5 Å². The van der Waals surface area contributed by atoms with Gasteiger partial charge in [0.15, 0.2) is 0 Å². The first kappa shape index (κ1) is 19.8. The van der Waals surface area contributed by atoms with Gasteiger partial charge in [0.1, 0.15) is 23.4 Å². The van der Waals surface area contributed by atoms with Crippen molar-refractivity contribution < 1.29 is 9.53 Å². The lowest BCUT2D eigenvalue weighted by atomic mass is 10.0. The van der Waals surface area contributed by atoms with Gasteiger partial charge in [-0.1, -0.05) is 0 Å². The van der Waals surface area contributed by atoms with Gasteiger partial charge in [-0.25, -0.2) is 4.98 Å². The molecule has 9 heteroatoms. The van der Waals surface area contributed by atoms with Crippen molar-refractivity contribution >= 4 is 28.6 Å². The van der Waals surface area contributed by atoms with Crippen LogP contribution in [0, 0.1) is 22.7 Å². The number of ether oxygens (including phenoxy) is 1. The first-order valence-corrected chi connectivity index (χ1v) is 10.4. The Balaban J connectivity index is 1.55. The molecular weight excluding hydrogens is 400 g/mol. The first-order chi connectivity index (χ1) is 14.6. The molecule has 1 aliphatic heterocycles. The lowest BCUT2D eigenvalue weighted by Crippen LogP contribution is -2.47. The van der Waals surface area contributed by atoms with Crippen molar-refractivity contribution in [1.29, 1.82) is 10.5 Å². The number of nitrogens with one attached hydrogen (secondary N) is 1. The number of H-pyrrole nitrogens is 1. The highest BCUT2D eigenvalue weighted by Crippen LogP contribution is 2.29. The van der Waals surface area contributed by atoms with Crippen LogP contribution >= 0.6 is 11.8 Å². The molecule has 4 rings (SSSR count). The van der Waals surface area contributed by atoms with E-state index in [2.05, 4.69) is 22.1 Å². The van der Waals surface area contributed by atoms with E-state index in [1.54, 1.807) is 41.1 Å². The Morgan fingerprint density at radius 3 is 3.10 bits per heavy atom. The molecule has 3 N–H and O–H groups in total. The number of nitriles is 2. The van der Waals surface area contributed by atoms with E-state index in [1.807, 2.05) is 18.3 Å². The van der Waals surface area contributed by atoms with Gasteiger partial charge in [-0.05, 0) is 42.3 Å². The van der Waals surface area contributed by atoms with E-state index in [-0.39, 0.29) is 11.8 Å². The minimum Gasteiger partial charge on any atom is -0.438 e. The molecule has 8 nitrogen and oxygen atoms in total. The zero-order valence-corrected chi connectivity index (χ0v) is 16.7. The van der Waals surface area contributed by atoms with Crippen molar-refractivity contribution in [2.24, 2.45) is 5.73 Å². The Bertz CT molecular complexity index is 1180. The van der Waals surface area contributed by atoms with Gasteiger partial charge < -0.3 is 20.4 Å². The van der Waals surface area contributed by atoms with Crippen LogP contribution in [-0.2, 0) is 11.2 Å². The smallest absolute Gasteiger partial charge is 0.241 e. The zero-order valence-electron chi connectivity index (χ0n) is 15.9. The molecule has 0 saturated carbocycles. The molecule has 1 aliphatic rings. The maximum Gasteiger partial charge on any atom is 0.241 e. The van der Waals surface area contributed by atoms with E-state index in [1.165, 1.54) is 0 Å². The SMILES string of the molecule is N#Cc1cccnc1Oc1ccc2[nH]cc(C[C@H](N)C(=O)N3CSC[C@@H]3C#N)c2c1. The monoisotopic (exact) mass is 418 g/mol. The summed E-state index contributed by atoms with van der Waals surface area (Å²) in [5.41, 5.74) is 8.29. The Labute approximate surface area is 177 Å². The van der Waals surface area contributed by atoms with Gasteiger partial charge in [0.25, 0.3) is 0 Å². The number of amides is 1. The fourth-order valence-corrected chi connectivity index (χ4v) is 4.45. The Morgan fingerprint density at radius 2 is 2.30 bits per heavy atom. The van der Waals surface area contributed by atoms with E-state index in [4.69, 9.17) is 10.5 Å². The number of hydrogen-bond acceptors (Lipinski definition) is 7. The number of nitrogens with two attached hydrogens (primary N) is 1. The Morgan fingerprint density at radius 1 is 1.43 bits per heavy atom. The standard InChI is InChI=1S/C21H18N6O2S/c22-8-13-2-1-5-25-20(13)29-16-3-4-19-17(7-16)14(10-26-19)6-18(24)21(28)27-12-30-11-15(27)9-23/h1-5,7,10,15,18,26H,6,11-12,24H2/t15-,18-/m0/s1. The number of fused-ring (bicyclic) bond motifs is 1. The topological polar surface area (TPSA) is 132 Å². The highest BCUT2D eigenvalue weighted by molar-refractivity contribution is 7.99. The van der Waals surface area contributed by atoms with Crippen molar-refractivity contribution in [2.75, 3.05) is 11.6 Å². The molecule has 1 aromatic carbocycles. The number of hydrogen-bond donors (Lipinski definition) is 2. The third kappa shape index (κ3) is 3.81. The average Bonchev–Trinajstić information content (AvgIpc) is 3.40. The molecular formula is C21H18N6O2S. The van der Waals surface area contributed by atoms with Crippen molar-refractivity contribution in [3.8, 4) is 23.8 Å². The van der Waals surface area contributed by atoms with E-state index >= 15 is 0 Å². The highest BCUT2D eigenvalue weighted by Gasteiger charge is 2.32. The summed E-state index contributed by atoms with van der Waals surface area (Å²) in [6.45, 7) is 0. The molecule has 3 aromatic rings. The summed E-state index contributed by atoms with van der Waals surface area (Å²) in [5, 5.41) is 19.3. The molecule has 2 atom stereocenters. The molecule has 1 saturated heterocycles. The number of benzene rings is 1. The van der Waals surface area contributed by atoms with Crippen molar-refractivity contribution in [3.05, 3.63) is 53.9 Å².